The van der Waals surface area contributed by atoms with Gasteiger partial charge in [0.1, 0.15) is 10.3 Å². The zero-order chi connectivity index (χ0) is 21.5. The van der Waals surface area contributed by atoms with Crippen LogP contribution in [0.3, 0.4) is 0 Å². The molecule has 1 amide bonds. The minimum absolute atomic E-state index is 0.0948. The number of fused-ring (bicyclic) bond motifs is 2. The number of rotatable bonds is 3. The maximum absolute atomic E-state index is 13.1. The molecule has 158 valence electrons. The van der Waals surface area contributed by atoms with E-state index in [2.05, 4.69) is 19.9 Å². The third-order valence-electron chi connectivity index (χ3n) is 5.53. The van der Waals surface area contributed by atoms with Crippen LogP contribution in [0.1, 0.15) is 17.3 Å². The van der Waals surface area contributed by atoms with E-state index in [0.717, 1.165) is 15.5 Å². The number of aromatic amines is 1. The molecule has 5 rings (SSSR count). The third-order valence-corrected chi connectivity index (χ3v) is 6.57. The molecule has 0 spiro atoms. The molecule has 0 atom stereocenters. The van der Waals surface area contributed by atoms with E-state index in [1.807, 2.05) is 12.1 Å². The number of carbonyl (C=O) groups excluding carboxylic acids is 1. The summed E-state index contributed by atoms with van der Waals surface area (Å²) in [5.74, 6) is -0.0948. The van der Waals surface area contributed by atoms with Crippen molar-refractivity contribution in [1.82, 2.24) is 24.4 Å². The first-order chi connectivity index (χ1) is 15.0. The summed E-state index contributed by atoms with van der Waals surface area (Å²) in [6.07, 6.45) is 1.76. The third kappa shape index (κ3) is 3.38. The van der Waals surface area contributed by atoms with E-state index in [9.17, 15) is 14.4 Å². The van der Waals surface area contributed by atoms with Gasteiger partial charge in [0.15, 0.2) is 5.13 Å². The molecule has 3 aromatic heterocycles. The van der Waals surface area contributed by atoms with Gasteiger partial charge in [-0.1, -0.05) is 11.3 Å². The number of anilines is 1. The molecule has 0 saturated carbocycles. The van der Waals surface area contributed by atoms with Crippen LogP contribution in [0.5, 0.6) is 0 Å². The fourth-order valence-electron chi connectivity index (χ4n) is 3.90. The topological polar surface area (TPSA) is 104 Å². The Balaban J connectivity index is 1.35. The summed E-state index contributed by atoms with van der Waals surface area (Å²) < 4.78 is 1.41. The molecule has 1 fully saturated rings. The normalized spacial score (nSPS) is 14.5. The average Bonchev–Trinajstić information content (AvgIpc) is 3.24. The highest BCUT2D eigenvalue weighted by molar-refractivity contribution is 7.21. The maximum Gasteiger partial charge on any atom is 0.316 e. The molecular formula is C21H20N6O3S. The van der Waals surface area contributed by atoms with Crippen LogP contribution in [-0.2, 0) is 6.54 Å². The van der Waals surface area contributed by atoms with E-state index < -0.39 is 11.1 Å². The lowest BCUT2D eigenvalue weighted by Crippen LogP contribution is -2.48. The van der Waals surface area contributed by atoms with Gasteiger partial charge in [-0.2, -0.15) is 0 Å². The molecule has 9 nitrogen and oxygen atoms in total. The largest absolute Gasteiger partial charge is 0.344 e. The number of piperazine rings is 1. The Morgan fingerprint density at radius 1 is 1.16 bits per heavy atom. The quantitative estimate of drug-likeness (QED) is 0.490. The summed E-state index contributed by atoms with van der Waals surface area (Å²) in [6.45, 7) is 4.71. The Labute approximate surface area is 180 Å². The molecular weight excluding hydrogens is 416 g/mol. The first-order valence-corrected chi connectivity index (χ1v) is 10.9. The van der Waals surface area contributed by atoms with Crippen LogP contribution in [0, 0.1) is 0 Å². The first-order valence-electron chi connectivity index (χ1n) is 10.1. The average molecular weight is 436 g/mol. The molecule has 0 bridgehead atoms. The fourth-order valence-corrected chi connectivity index (χ4v) is 4.86. The molecule has 31 heavy (non-hydrogen) atoms. The molecule has 4 heterocycles. The highest BCUT2D eigenvalue weighted by Gasteiger charge is 2.24. The molecule has 1 aromatic carbocycles. The first kappa shape index (κ1) is 19.4. The number of carbonyl (C=O) groups is 1. The molecule has 1 saturated heterocycles. The van der Waals surface area contributed by atoms with E-state index in [0.29, 0.717) is 49.3 Å². The van der Waals surface area contributed by atoms with Crippen molar-refractivity contribution in [1.29, 1.82) is 0 Å². The van der Waals surface area contributed by atoms with Crippen molar-refractivity contribution in [2.24, 2.45) is 0 Å². The number of aryl methyl sites for hydroxylation is 1. The van der Waals surface area contributed by atoms with E-state index in [1.165, 1.54) is 4.57 Å². The van der Waals surface area contributed by atoms with Gasteiger partial charge >= 0.3 is 11.1 Å². The molecule has 0 unspecified atom stereocenters. The minimum Gasteiger partial charge on any atom is -0.344 e. The predicted octanol–water partition coefficient (Wildman–Crippen LogP) is 1.68. The Morgan fingerprint density at radius 2 is 1.97 bits per heavy atom. The predicted molar refractivity (Wildman–Crippen MR) is 120 cm³/mol. The zero-order valence-corrected chi connectivity index (χ0v) is 17.7. The van der Waals surface area contributed by atoms with Gasteiger partial charge in [-0.05, 0) is 37.3 Å². The van der Waals surface area contributed by atoms with Crippen molar-refractivity contribution in [2.45, 2.75) is 13.5 Å². The SMILES string of the molecule is CCn1c(=O)c(=O)[nH]c2cc(C(=O)N3CCN(c4nc5cccnc5s4)CC3)ccc21. The Hall–Kier alpha value is -3.53. The summed E-state index contributed by atoms with van der Waals surface area (Å²) in [5, 5.41) is 0.918. The second kappa shape index (κ2) is 7.62. The summed E-state index contributed by atoms with van der Waals surface area (Å²) >= 11 is 1.56. The Kier molecular flexibility index (Phi) is 4.78. The number of amides is 1. The minimum atomic E-state index is -0.683. The van der Waals surface area contributed by atoms with Crippen molar-refractivity contribution >= 4 is 43.8 Å². The number of nitrogens with zero attached hydrogens (tertiary/aromatic N) is 5. The van der Waals surface area contributed by atoms with Gasteiger partial charge in [0, 0.05) is 44.5 Å². The standard InChI is InChI=1S/C21H20N6O3S/c1-2-27-16-6-5-13(12-15(16)23-17(28)20(27)30)19(29)25-8-10-26(11-9-25)21-24-14-4-3-7-22-18(14)31-21/h3-7,12H,2,8-11H2,1H3,(H,23,28). The summed E-state index contributed by atoms with van der Waals surface area (Å²) in [4.78, 5) is 53.5. The van der Waals surface area contributed by atoms with E-state index >= 15 is 0 Å². The number of benzene rings is 1. The molecule has 0 aliphatic carbocycles. The second-order valence-electron chi connectivity index (χ2n) is 7.34. The fraction of sp³-hybridized carbons (Fsp3) is 0.286. The van der Waals surface area contributed by atoms with Gasteiger partial charge in [0.05, 0.1) is 11.0 Å². The molecule has 1 N–H and O–H groups in total. The lowest BCUT2D eigenvalue weighted by molar-refractivity contribution is 0.0747. The van der Waals surface area contributed by atoms with Gasteiger partial charge in [-0.15, -0.1) is 0 Å². The number of H-pyrrole nitrogens is 1. The van der Waals surface area contributed by atoms with Crippen molar-refractivity contribution in [3.63, 3.8) is 0 Å². The van der Waals surface area contributed by atoms with E-state index in [1.54, 1.807) is 47.6 Å². The lowest BCUT2D eigenvalue weighted by Gasteiger charge is -2.34. The van der Waals surface area contributed by atoms with Gasteiger partial charge < -0.3 is 19.4 Å². The molecule has 1 aliphatic rings. The highest BCUT2D eigenvalue weighted by atomic mass is 32.1. The highest BCUT2D eigenvalue weighted by Crippen LogP contribution is 2.28. The zero-order valence-electron chi connectivity index (χ0n) is 16.9. The second-order valence-corrected chi connectivity index (χ2v) is 8.29. The summed E-state index contributed by atoms with van der Waals surface area (Å²) in [6, 6.07) is 8.90. The number of nitrogens with one attached hydrogen (secondary N) is 1. The Bertz CT molecular complexity index is 1380. The van der Waals surface area contributed by atoms with Crippen LogP contribution < -0.4 is 16.0 Å². The Morgan fingerprint density at radius 3 is 2.71 bits per heavy atom. The number of thiazole rings is 1. The molecule has 1 aliphatic heterocycles. The monoisotopic (exact) mass is 436 g/mol. The number of hydrogen-bond acceptors (Lipinski definition) is 7. The number of aromatic nitrogens is 4. The van der Waals surface area contributed by atoms with Crippen molar-refractivity contribution < 1.29 is 4.79 Å². The van der Waals surface area contributed by atoms with Crippen LogP contribution in [0.15, 0.2) is 46.1 Å². The molecule has 10 heteroatoms. The van der Waals surface area contributed by atoms with Crippen LogP contribution in [0.4, 0.5) is 5.13 Å². The number of pyridine rings is 1. The smallest absolute Gasteiger partial charge is 0.316 e. The van der Waals surface area contributed by atoms with E-state index in [-0.39, 0.29) is 5.91 Å². The van der Waals surface area contributed by atoms with Crippen LogP contribution in [-0.4, -0.2) is 56.5 Å². The van der Waals surface area contributed by atoms with E-state index in [4.69, 9.17) is 0 Å². The summed E-state index contributed by atoms with van der Waals surface area (Å²) in [7, 11) is 0. The number of hydrogen-bond donors (Lipinski definition) is 1. The van der Waals surface area contributed by atoms with Crippen LogP contribution >= 0.6 is 11.3 Å². The molecule has 4 aromatic rings. The van der Waals surface area contributed by atoms with Gasteiger partial charge in [0.2, 0.25) is 0 Å². The van der Waals surface area contributed by atoms with Gasteiger partial charge in [0.25, 0.3) is 5.91 Å². The van der Waals surface area contributed by atoms with Crippen molar-refractivity contribution in [3.05, 3.63) is 62.8 Å². The van der Waals surface area contributed by atoms with Crippen molar-refractivity contribution in [2.75, 3.05) is 31.1 Å². The molecule has 0 radical (unpaired) electrons. The van der Waals surface area contributed by atoms with Crippen LogP contribution in [0.2, 0.25) is 0 Å². The van der Waals surface area contributed by atoms with Gasteiger partial charge in [-0.25, -0.2) is 9.97 Å². The van der Waals surface area contributed by atoms with Crippen molar-refractivity contribution in [3.8, 4) is 0 Å². The van der Waals surface area contributed by atoms with Crippen LogP contribution in [0.25, 0.3) is 21.4 Å². The maximum atomic E-state index is 13.1. The van der Waals surface area contributed by atoms with Gasteiger partial charge in [-0.3, -0.25) is 14.4 Å². The summed E-state index contributed by atoms with van der Waals surface area (Å²) in [5.41, 5.74) is 1.20. The lowest BCUT2D eigenvalue weighted by atomic mass is 10.1.